The first-order valence-corrected chi connectivity index (χ1v) is 7.45. The van der Waals surface area contributed by atoms with Crippen molar-refractivity contribution in [1.29, 1.82) is 0 Å². The lowest BCUT2D eigenvalue weighted by Gasteiger charge is -2.22. The van der Waals surface area contributed by atoms with Gasteiger partial charge in [-0.3, -0.25) is 9.59 Å². The van der Waals surface area contributed by atoms with Crippen molar-refractivity contribution in [2.75, 3.05) is 20.2 Å². The number of hydrogen-bond donors (Lipinski definition) is 2. The number of allylic oxidation sites excluding steroid dienone is 3. The van der Waals surface area contributed by atoms with Gasteiger partial charge < -0.3 is 15.1 Å². The first kappa shape index (κ1) is 17.0. The van der Waals surface area contributed by atoms with E-state index in [0.29, 0.717) is 24.2 Å². The number of rotatable bonds is 5. The van der Waals surface area contributed by atoms with Crippen LogP contribution in [0.1, 0.15) is 16.7 Å². The van der Waals surface area contributed by atoms with Crippen LogP contribution in [0.4, 0.5) is 0 Å². The summed E-state index contributed by atoms with van der Waals surface area (Å²) in [4.78, 5) is 26.0. The van der Waals surface area contributed by atoms with Gasteiger partial charge in [-0.1, -0.05) is 12.1 Å². The molecule has 1 aromatic carbocycles. The lowest BCUT2D eigenvalue weighted by atomic mass is 9.93. The molecule has 0 amide bonds. The molecule has 0 saturated carbocycles. The van der Waals surface area contributed by atoms with Crippen molar-refractivity contribution in [3.63, 3.8) is 0 Å². The van der Waals surface area contributed by atoms with Crippen LogP contribution in [0.5, 0.6) is 5.75 Å². The minimum atomic E-state index is -0.234. The quantitative estimate of drug-likeness (QED) is 0.804. The molecule has 2 rings (SSSR count). The van der Waals surface area contributed by atoms with Gasteiger partial charge in [0, 0.05) is 31.7 Å². The first-order chi connectivity index (χ1) is 10.8. The summed E-state index contributed by atoms with van der Waals surface area (Å²) in [5, 5.41) is 18.7. The van der Waals surface area contributed by atoms with Crippen molar-refractivity contribution in [3.8, 4) is 5.75 Å². The van der Waals surface area contributed by atoms with Crippen LogP contribution in [-0.2, 0) is 16.0 Å². The molecule has 0 aromatic heterocycles. The molecular weight excluding hydrogens is 294 g/mol. The molecule has 2 N–H and O–H groups in total. The maximum atomic E-state index is 12.3. The van der Waals surface area contributed by atoms with Gasteiger partial charge in [0.25, 0.3) is 0 Å². The minimum absolute atomic E-state index is 0.0854. The van der Waals surface area contributed by atoms with Crippen LogP contribution >= 0.6 is 0 Å². The Bertz CT molecular complexity index is 693. The lowest BCUT2D eigenvalue weighted by Crippen LogP contribution is -2.29. The Morgan fingerprint density at radius 3 is 2.22 bits per heavy atom. The molecule has 0 atom stereocenters. The van der Waals surface area contributed by atoms with Crippen molar-refractivity contribution in [2.45, 2.75) is 20.3 Å². The summed E-state index contributed by atoms with van der Waals surface area (Å²) < 4.78 is 0. The summed E-state index contributed by atoms with van der Waals surface area (Å²) >= 11 is 0. The third-order valence-corrected chi connectivity index (χ3v) is 3.93. The summed E-state index contributed by atoms with van der Waals surface area (Å²) in [5.41, 5.74) is 3.10. The Morgan fingerprint density at radius 1 is 1.04 bits per heavy atom. The third-order valence-electron chi connectivity index (χ3n) is 3.93. The van der Waals surface area contributed by atoms with Gasteiger partial charge in [0.15, 0.2) is 5.78 Å². The summed E-state index contributed by atoms with van der Waals surface area (Å²) in [6.45, 7) is 3.81. The van der Waals surface area contributed by atoms with E-state index in [0.717, 1.165) is 16.7 Å². The molecule has 0 radical (unpaired) electrons. The van der Waals surface area contributed by atoms with E-state index >= 15 is 0 Å². The zero-order valence-electron chi connectivity index (χ0n) is 13.6. The van der Waals surface area contributed by atoms with Crippen molar-refractivity contribution >= 4 is 11.6 Å². The highest BCUT2D eigenvalue weighted by atomic mass is 16.3. The van der Waals surface area contributed by atoms with Crippen molar-refractivity contribution < 1.29 is 19.8 Å². The molecule has 5 heteroatoms. The summed E-state index contributed by atoms with van der Waals surface area (Å²) in [6, 6.07) is 3.64. The van der Waals surface area contributed by atoms with E-state index in [1.807, 2.05) is 12.1 Å². The molecule has 0 unspecified atom stereocenters. The molecule has 122 valence electrons. The predicted molar refractivity (Wildman–Crippen MR) is 87.2 cm³/mol. The van der Waals surface area contributed by atoms with E-state index in [-0.39, 0.29) is 23.9 Å². The van der Waals surface area contributed by atoms with E-state index in [1.54, 1.807) is 25.8 Å². The van der Waals surface area contributed by atoms with Gasteiger partial charge in [-0.15, -0.1) is 0 Å². The molecule has 1 aliphatic carbocycles. The average Bonchev–Trinajstić information content (AvgIpc) is 2.48. The van der Waals surface area contributed by atoms with Gasteiger partial charge in [0.05, 0.1) is 12.3 Å². The number of phenols is 1. The topological polar surface area (TPSA) is 77.8 Å². The van der Waals surface area contributed by atoms with E-state index in [1.165, 1.54) is 12.2 Å². The normalized spacial score (nSPS) is 14.6. The fraction of sp³-hybridized carbons (Fsp3) is 0.333. The maximum absolute atomic E-state index is 12.3. The number of aliphatic hydroxyl groups excluding tert-OH is 1. The number of ketones is 2. The van der Waals surface area contributed by atoms with Crippen LogP contribution in [0.2, 0.25) is 0 Å². The zero-order chi connectivity index (χ0) is 17.1. The van der Waals surface area contributed by atoms with Gasteiger partial charge in [-0.25, -0.2) is 0 Å². The summed E-state index contributed by atoms with van der Waals surface area (Å²) in [7, 11) is 1.67. The highest BCUT2D eigenvalue weighted by Gasteiger charge is 2.23. The number of aryl methyl sites for hydroxylation is 2. The fourth-order valence-corrected chi connectivity index (χ4v) is 2.67. The smallest absolute Gasteiger partial charge is 0.202 e. The van der Waals surface area contributed by atoms with Crippen molar-refractivity contribution in [2.24, 2.45) is 0 Å². The van der Waals surface area contributed by atoms with Crippen LogP contribution < -0.4 is 0 Å². The summed E-state index contributed by atoms with van der Waals surface area (Å²) in [6.07, 6.45) is 3.04. The molecular formula is C18H21NO4. The molecule has 0 heterocycles. The second-order valence-electron chi connectivity index (χ2n) is 5.83. The number of nitrogens with zero attached hydrogens (tertiary/aromatic N) is 1. The Morgan fingerprint density at radius 2 is 1.65 bits per heavy atom. The highest BCUT2D eigenvalue weighted by Crippen LogP contribution is 2.25. The molecule has 1 aromatic rings. The Balaban J connectivity index is 2.22. The third kappa shape index (κ3) is 3.68. The maximum Gasteiger partial charge on any atom is 0.202 e. The summed E-state index contributed by atoms with van der Waals surface area (Å²) in [5.74, 6) is -0.183. The van der Waals surface area contributed by atoms with Crippen molar-refractivity contribution in [1.82, 2.24) is 4.90 Å². The van der Waals surface area contributed by atoms with Gasteiger partial charge in [-0.05, 0) is 36.6 Å². The molecule has 23 heavy (non-hydrogen) atoms. The standard InChI is InChI=1S/C18H21NO4/c1-11-6-13(7-12(2)18(11)23)8-14-9-17(22)15(10-16(14)21)19(3)4-5-20/h6-7,9-10,20,23H,4-5,8H2,1-3H3. The SMILES string of the molecule is Cc1cc(CC2=CC(=O)C(N(C)CCO)=CC2=O)cc(C)c1O. The van der Waals surface area contributed by atoms with Gasteiger partial charge in [0.2, 0.25) is 5.78 Å². The van der Waals surface area contributed by atoms with E-state index in [4.69, 9.17) is 5.11 Å². The average molecular weight is 315 g/mol. The number of carbonyl (C=O) groups is 2. The predicted octanol–water partition coefficient (Wildman–Crippen LogP) is 1.44. The molecule has 1 aliphatic rings. The molecule has 0 aliphatic heterocycles. The van der Waals surface area contributed by atoms with Crippen LogP contribution in [0.25, 0.3) is 0 Å². The second kappa shape index (κ2) is 6.79. The van der Waals surface area contributed by atoms with E-state index in [2.05, 4.69) is 0 Å². The molecule has 0 spiro atoms. The molecule has 0 bridgehead atoms. The number of aliphatic hydroxyl groups is 1. The molecule has 5 nitrogen and oxygen atoms in total. The van der Waals surface area contributed by atoms with Crippen molar-refractivity contribution in [3.05, 3.63) is 52.2 Å². The van der Waals surface area contributed by atoms with E-state index in [9.17, 15) is 14.7 Å². The van der Waals surface area contributed by atoms with Gasteiger partial charge >= 0.3 is 0 Å². The Kier molecular flexibility index (Phi) is 5.01. The van der Waals surface area contributed by atoms with Crippen LogP contribution in [0, 0.1) is 13.8 Å². The first-order valence-electron chi connectivity index (χ1n) is 7.45. The molecule has 0 saturated heterocycles. The number of hydrogen-bond acceptors (Lipinski definition) is 5. The van der Waals surface area contributed by atoms with Crippen LogP contribution in [0.3, 0.4) is 0 Å². The Labute approximate surface area is 135 Å². The van der Waals surface area contributed by atoms with Gasteiger partial charge in [-0.2, -0.15) is 0 Å². The number of carbonyl (C=O) groups excluding carboxylic acids is 2. The lowest BCUT2D eigenvalue weighted by molar-refractivity contribution is -0.116. The zero-order valence-corrected chi connectivity index (χ0v) is 13.6. The fourth-order valence-electron chi connectivity index (χ4n) is 2.67. The second-order valence-corrected chi connectivity index (χ2v) is 5.83. The number of aromatic hydroxyl groups is 1. The van der Waals surface area contributed by atoms with E-state index < -0.39 is 0 Å². The van der Waals surface area contributed by atoms with Gasteiger partial charge in [0.1, 0.15) is 5.75 Å². The van der Waals surface area contributed by atoms with Crippen LogP contribution in [-0.4, -0.2) is 46.9 Å². The largest absolute Gasteiger partial charge is 0.507 e. The van der Waals surface area contributed by atoms with Crippen LogP contribution in [0.15, 0.2) is 35.6 Å². The number of likely N-dealkylation sites (N-methyl/N-ethyl adjacent to an activating group) is 1. The minimum Gasteiger partial charge on any atom is -0.507 e. The monoisotopic (exact) mass is 315 g/mol. The highest BCUT2D eigenvalue weighted by molar-refractivity contribution is 6.19. The Hall–Kier alpha value is -2.40. The molecule has 0 fully saturated rings. The number of phenolic OH excluding ortho intramolecular Hbond substituents is 1. The number of benzene rings is 1.